The number of carbonyl (C=O) groups is 4. The Hall–Kier alpha value is -4.81. The quantitative estimate of drug-likeness (QED) is 0.284. The molecule has 1 heterocycles. The Morgan fingerprint density at radius 3 is 1.56 bits per heavy atom. The number of hydrogen-bond acceptors (Lipinski definition) is 9. The lowest BCUT2D eigenvalue weighted by Crippen LogP contribution is -2.42. The van der Waals surface area contributed by atoms with E-state index in [2.05, 4.69) is 0 Å². The van der Waals surface area contributed by atoms with Gasteiger partial charge in [0.05, 0.1) is 29.2 Å². The molecule has 3 aromatic rings. The van der Waals surface area contributed by atoms with Crippen LogP contribution in [0, 0.1) is 11.3 Å². The summed E-state index contributed by atoms with van der Waals surface area (Å²) in [6.07, 6.45) is -5.18. The van der Waals surface area contributed by atoms with Gasteiger partial charge in [0.2, 0.25) is 0 Å². The lowest BCUT2D eigenvalue weighted by molar-refractivity contribution is -0.122. The Labute approximate surface area is 224 Å². The Morgan fingerprint density at radius 2 is 1.10 bits per heavy atom. The molecule has 0 bridgehead atoms. The molecule has 0 aliphatic carbocycles. The topological polar surface area (TPSA) is 129 Å². The van der Waals surface area contributed by atoms with E-state index in [1.54, 1.807) is 97.1 Å². The van der Waals surface area contributed by atoms with E-state index in [0.717, 1.165) is 0 Å². The number of ketones is 1. The largest absolute Gasteiger partial charge is 0.459 e. The number of hydrogen-bond donors (Lipinski definition) is 0. The van der Waals surface area contributed by atoms with Gasteiger partial charge < -0.3 is 18.9 Å². The van der Waals surface area contributed by atoms with E-state index in [1.165, 1.54) is 0 Å². The van der Waals surface area contributed by atoms with Crippen LogP contribution in [0.5, 0.6) is 0 Å². The van der Waals surface area contributed by atoms with Crippen LogP contribution in [0.4, 0.5) is 0 Å². The second kappa shape index (κ2) is 13.1. The molecule has 1 aliphatic heterocycles. The van der Waals surface area contributed by atoms with Crippen LogP contribution in [0.1, 0.15) is 43.9 Å². The molecular weight excluding hydrogens is 502 g/mol. The van der Waals surface area contributed by atoms with E-state index >= 15 is 0 Å². The smallest absolute Gasteiger partial charge is 0.338 e. The summed E-state index contributed by atoms with van der Waals surface area (Å²) in [7, 11) is 0. The summed E-state index contributed by atoms with van der Waals surface area (Å²) in [5.41, 5.74) is 0.794. The Morgan fingerprint density at radius 1 is 0.667 bits per heavy atom. The Balaban J connectivity index is 1.60. The monoisotopic (exact) mass is 527 g/mol. The summed E-state index contributed by atoms with van der Waals surface area (Å²) < 4.78 is 22.9. The number of ether oxygens (including phenoxy) is 4. The SMILES string of the molecule is N#CCC(=O)C[C@@H]1O[C@H](COC(=O)c2ccccc2)[C@@H](OC(=O)c2ccccc2)[C@H]1OC(=O)c1ccccc1. The number of carbonyl (C=O) groups excluding carboxylic acids is 4. The molecule has 39 heavy (non-hydrogen) atoms. The average Bonchev–Trinajstić information content (AvgIpc) is 3.27. The second-order valence-electron chi connectivity index (χ2n) is 8.73. The van der Waals surface area contributed by atoms with Crippen molar-refractivity contribution in [1.29, 1.82) is 5.26 Å². The van der Waals surface area contributed by atoms with Crippen molar-refractivity contribution in [2.75, 3.05) is 6.61 Å². The van der Waals surface area contributed by atoms with E-state index in [4.69, 9.17) is 24.2 Å². The zero-order valence-corrected chi connectivity index (χ0v) is 20.8. The van der Waals surface area contributed by atoms with Crippen molar-refractivity contribution in [1.82, 2.24) is 0 Å². The van der Waals surface area contributed by atoms with Gasteiger partial charge in [-0.1, -0.05) is 54.6 Å². The fraction of sp³-hybridized carbons (Fsp3) is 0.233. The van der Waals surface area contributed by atoms with E-state index in [9.17, 15) is 19.2 Å². The molecule has 0 aromatic heterocycles. The van der Waals surface area contributed by atoms with Gasteiger partial charge in [0.15, 0.2) is 12.2 Å². The summed E-state index contributed by atoms with van der Waals surface area (Å²) in [5.74, 6) is -2.51. The highest BCUT2D eigenvalue weighted by Gasteiger charge is 2.50. The first-order valence-corrected chi connectivity index (χ1v) is 12.2. The third-order valence-corrected chi connectivity index (χ3v) is 6.00. The minimum atomic E-state index is -1.21. The summed E-state index contributed by atoms with van der Waals surface area (Å²) in [5, 5.41) is 8.95. The van der Waals surface area contributed by atoms with Crippen LogP contribution in [0.15, 0.2) is 91.0 Å². The minimum absolute atomic E-state index is 0.242. The van der Waals surface area contributed by atoms with Crippen molar-refractivity contribution in [3.63, 3.8) is 0 Å². The molecule has 4 rings (SSSR count). The lowest BCUT2D eigenvalue weighted by Gasteiger charge is -2.24. The predicted octanol–water partition coefficient (Wildman–Crippen LogP) is 3.93. The standard InChI is InChI=1S/C30H25NO8/c31-17-16-23(32)18-24-26(38-29(34)21-12-6-2-7-13-21)27(39-30(35)22-14-8-3-9-15-22)25(37-24)19-36-28(33)20-10-4-1-5-11-20/h1-15,24-27H,16,18-19H2/t24-,25+,26-,27+/m0/s1. The molecule has 0 N–H and O–H groups in total. The van der Waals surface area contributed by atoms with Gasteiger partial charge in [-0.3, -0.25) is 4.79 Å². The van der Waals surface area contributed by atoms with Crippen LogP contribution in [0.2, 0.25) is 0 Å². The molecule has 3 aromatic carbocycles. The van der Waals surface area contributed by atoms with Gasteiger partial charge >= 0.3 is 17.9 Å². The van der Waals surface area contributed by atoms with Crippen molar-refractivity contribution in [2.24, 2.45) is 0 Å². The molecule has 0 saturated carbocycles. The highest BCUT2D eigenvalue weighted by atomic mass is 16.6. The molecule has 1 aliphatic rings. The molecular formula is C30H25NO8. The molecule has 4 atom stereocenters. The summed E-state index contributed by atoms with van der Waals surface area (Å²) in [4.78, 5) is 50.9. The number of esters is 3. The van der Waals surface area contributed by atoms with E-state index in [0.29, 0.717) is 5.56 Å². The van der Waals surface area contributed by atoms with Crippen LogP contribution in [0.25, 0.3) is 0 Å². The molecule has 9 heteroatoms. The zero-order chi connectivity index (χ0) is 27.6. The Bertz CT molecular complexity index is 1340. The number of rotatable bonds is 10. The van der Waals surface area contributed by atoms with Crippen molar-refractivity contribution in [3.8, 4) is 6.07 Å². The lowest BCUT2D eigenvalue weighted by atomic mass is 10.0. The van der Waals surface area contributed by atoms with Crippen LogP contribution in [0.3, 0.4) is 0 Å². The van der Waals surface area contributed by atoms with E-state index in [1.807, 2.05) is 0 Å². The fourth-order valence-electron chi connectivity index (χ4n) is 4.12. The van der Waals surface area contributed by atoms with Crippen molar-refractivity contribution in [2.45, 2.75) is 37.3 Å². The fourth-order valence-corrected chi connectivity index (χ4v) is 4.12. The Kier molecular flexibility index (Phi) is 9.16. The van der Waals surface area contributed by atoms with Crippen molar-refractivity contribution >= 4 is 23.7 Å². The highest BCUT2D eigenvalue weighted by molar-refractivity contribution is 5.91. The first kappa shape index (κ1) is 27.2. The summed E-state index contributed by atoms with van der Waals surface area (Å²) in [6.45, 7) is -0.344. The minimum Gasteiger partial charge on any atom is -0.459 e. The zero-order valence-electron chi connectivity index (χ0n) is 20.8. The summed E-state index contributed by atoms with van der Waals surface area (Å²) >= 11 is 0. The van der Waals surface area contributed by atoms with Crippen LogP contribution in [-0.4, -0.2) is 54.7 Å². The molecule has 1 saturated heterocycles. The normalized spacial score (nSPS) is 19.9. The predicted molar refractivity (Wildman–Crippen MR) is 137 cm³/mol. The second-order valence-corrected chi connectivity index (χ2v) is 8.73. The summed E-state index contributed by atoms with van der Waals surface area (Å²) in [6, 6.07) is 26.4. The highest BCUT2D eigenvalue weighted by Crippen LogP contribution is 2.31. The molecule has 0 amide bonds. The molecule has 1 fully saturated rings. The van der Waals surface area contributed by atoms with Gasteiger partial charge in [0.25, 0.3) is 0 Å². The third kappa shape index (κ3) is 7.15. The van der Waals surface area contributed by atoms with Crippen LogP contribution < -0.4 is 0 Å². The van der Waals surface area contributed by atoms with Gasteiger partial charge in [-0.15, -0.1) is 0 Å². The number of nitrogens with zero attached hydrogens (tertiary/aromatic N) is 1. The van der Waals surface area contributed by atoms with Crippen molar-refractivity contribution in [3.05, 3.63) is 108 Å². The van der Waals surface area contributed by atoms with Gasteiger partial charge in [-0.2, -0.15) is 5.26 Å². The molecule has 198 valence electrons. The first-order valence-electron chi connectivity index (χ1n) is 12.2. The van der Waals surface area contributed by atoms with E-state index in [-0.39, 0.29) is 30.6 Å². The number of nitriles is 1. The molecule has 0 spiro atoms. The maximum absolute atomic E-state index is 13.0. The van der Waals surface area contributed by atoms with Gasteiger partial charge in [0, 0.05) is 6.42 Å². The van der Waals surface area contributed by atoms with Crippen LogP contribution >= 0.6 is 0 Å². The van der Waals surface area contributed by atoms with Gasteiger partial charge in [-0.05, 0) is 36.4 Å². The van der Waals surface area contributed by atoms with Crippen LogP contribution in [-0.2, 0) is 23.7 Å². The number of Topliss-reactive ketones (excluding diaryl/α,β-unsaturated/α-hetero) is 1. The molecule has 9 nitrogen and oxygen atoms in total. The molecule has 0 unspecified atom stereocenters. The average molecular weight is 528 g/mol. The maximum atomic E-state index is 13.0. The number of benzene rings is 3. The van der Waals surface area contributed by atoms with Crippen molar-refractivity contribution < 1.29 is 38.1 Å². The van der Waals surface area contributed by atoms with Gasteiger partial charge in [0.1, 0.15) is 24.6 Å². The third-order valence-electron chi connectivity index (χ3n) is 6.00. The maximum Gasteiger partial charge on any atom is 0.338 e. The van der Waals surface area contributed by atoms with Gasteiger partial charge in [-0.25, -0.2) is 14.4 Å². The first-order chi connectivity index (χ1) is 19.0. The van der Waals surface area contributed by atoms with E-state index < -0.39 is 48.1 Å². The molecule has 0 radical (unpaired) electrons.